The third kappa shape index (κ3) is 3.50. The molecule has 0 amide bonds. The van der Waals surface area contributed by atoms with E-state index in [1.807, 2.05) is 0 Å². The lowest BCUT2D eigenvalue weighted by Crippen LogP contribution is -2.67. The number of hydrogen-bond donors (Lipinski definition) is 2. The number of hydrogen-bond acceptors (Lipinski definition) is 5. The molecular formula is C32H51NO4. The highest BCUT2D eigenvalue weighted by Crippen LogP contribution is 2.77. The Kier molecular flexibility index (Phi) is 6.49. The molecule has 0 heterocycles. The average molecular weight is 514 g/mol. The van der Waals surface area contributed by atoms with Gasteiger partial charge in [-0.05, 0) is 117 Å². The molecule has 5 aliphatic carbocycles. The van der Waals surface area contributed by atoms with E-state index in [9.17, 15) is 15.1 Å². The van der Waals surface area contributed by atoms with Crippen molar-refractivity contribution in [3.8, 4) is 0 Å². The van der Waals surface area contributed by atoms with Crippen LogP contribution in [0.2, 0.25) is 0 Å². The van der Waals surface area contributed by atoms with Crippen molar-refractivity contribution in [2.24, 2.45) is 61.8 Å². The van der Waals surface area contributed by atoms with Crippen LogP contribution < -0.4 is 0 Å². The van der Waals surface area contributed by atoms with Gasteiger partial charge in [-0.2, -0.15) is 0 Å². The van der Waals surface area contributed by atoms with Crippen molar-refractivity contribution in [3.05, 3.63) is 12.2 Å². The van der Waals surface area contributed by atoms with E-state index in [4.69, 9.17) is 4.74 Å². The van der Waals surface area contributed by atoms with Gasteiger partial charge in [-0.25, -0.2) is 0 Å². The highest BCUT2D eigenvalue weighted by molar-refractivity contribution is 5.91. The number of ether oxygens (including phenoxy) is 1. The summed E-state index contributed by atoms with van der Waals surface area (Å²) in [7, 11) is 0. The van der Waals surface area contributed by atoms with E-state index in [0.29, 0.717) is 36.2 Å². The molecule has 0 aliphatic heterocycles. The van der Waals surface area contributed by atoms with Gasteiger partial charge in [-0.15, -0.1) is 0 Å². The predicted molar refractivity (Wildman–Crippen MR) is 146 cm³/mol. The van der Waals surface area contributed by atoms with Gasteiger partial charge in [0.1, 0.15) is 0 Å². The second-order valence-electron chi connectivity index (χ2n) is 15.0. The summed E-state index contributed by atoms with van der Waals surface area (Å²) in [6, 6.07) is 0. The summed E-state index contributed by atoms with van der Waals surface area (Å²) >= 11 is 0. The number of carbonyl (C=O) groups excluding carboxylic acids is 1. The van der Waals surface area contributed by atoms with Crippen LogP contribution in [0.15, 0.2) is 17.3 Å². The van der Waals surface area contributed by atoms with Crippen molar-refractivity contribution < 1.29 is 19.8 Å². The Balaban J connectivity index is 1.53. The maximum absolute atomic E-state index is 11.9. The third-order valence-corrected chi connectivity index (χ3v) is 13.8. The number of allylic oxidation sites excluding steroid dienone is 1. The Morgan fingerprint density at radius 3 is 2.32 bits per heavy atom. The van der Waals surface area contributed by atoms with E-state index in [0.717, 1.165) is 37.8 Å². The summed E-state index contributed by atoms with van der Waals surface area (Å²) in [5.74, 6) is 2.44. The maximum atomic E-state index is 11.9. The largest absolute Gasteiger partial charge is 0.465 e. The molecule has 5 heteroatoms. The van der Waals surface area contributed by atoms with Gasteiger partial charge < -0.3 is 15.1 Å². The van der Waals surface area contributed by atoms with Crippen LogP contribution in [-0.2, 0) is 9.53 Å². The second-order valence-corrected chi connectivity index (χ2v) is 15.0. The Morgan fingerprint density at radius 2 is 1.70 bits per heavy atom. The Morgan fingerprint density at radius 1 is 0.973 bits per heavy atom. The number of esters is 1. The van der Waals surface area contributed by atoms with Gasteiger partial charge in [-0.3, -0.25) is 4.79 Å². The summed E-state index contributed by atoms with van der Waals surface area (Å²) in [5, 5.41) is 24.1. The van der Waals surface area contributed by atoms with E-state index in [2.05, 4.69) is 46.4 Å². The highest BCUT2D eigenvalue weighted by Gasteiger charge is 2.71. The maximum Gasteiger partial charge on any atom is 0.302 e. The molecule has 0 saturated heterocycles. The minimum absolute atomic E-state index is 0.0526. The SMILES string of the molecule is C=C(C)[C@@H]1CC[C@]2(COC(C)=O)CC[C@]3(C)[C@H](CC[C@@H]4[C@@]5(C)CC/C(=N/O)[C@](C)(CO)[C@@H]5CC[C@]43C)[C@@H]12. The summed E-state index contributed by atoms with van der Waals surface area (Å²) in [6.07, 6.45) is 11.2. The molecule has 208 valence electrons. The van der Waals surface area contributed by atoms with Crippen LogP contribution in [0.1, 0.15) is 106 Å². The van der Waals surface area contributed by atoms with E-state index in [1.54, 1.807) is 6.92 Å². The fourth-order valence-electron chi connectivity index (χ4n) is 11.8. The number of carbonyl (C=O) groups is 1. The molecule has 5 rings (SSSR count). The van der Waals surface area contributed by atoms with E-state index < -0.39 is 5.41 Å². The summed E-state index contributed by atoms with van der Waals surface area (Å²) in [4.78, 5) is 11.9. The normalized spacial score (nSPS) is 52.0. The third-order valence-electron chi connectivity index (χ3n) is 13.8. The number of fused-ring (bicyclic) bond motifs is 7. The molecule has 0 aromatic heterocycles. The number of aliphatic hydroxyl groups is 1. The van der Waals surface area contributed by atoms with Gasteiger partial charge in [0.05, 0.1) is 18.9 Å². The lowest BCUT2D eigenvalue weighted by atomic mass is 9.32. The summed E-state index contributed by atoms with van der Waals surface area (Å²) in [5.41, 5.74) is 2.34. The zero-order valence-corrected chi connectivity index (χ0v) is 24.2. The Labute approximate surface area is 224 Å². The second kappa shape index (κ2) is 8.83. The van der Waals surface area contributed by atoms with Crippen LogP contribution in [0.5, 0.6) is 0 Å². The number of oxime groups is 1. The van der Waals surface area contributed by atoms with Gasteiger partial charge in [0.2, 0.25) is 0 Å². The van der Waals surface area contributed by atoms with Crippen molar-refractivity contribution >= 4 is 11.7 Å². The molecule has 2 N–H and O–H groups in total. The predicted octanol–water partition coefficient (Wildman–Crippen LogP) is 7.01. The molecule has 0 unspecified atom stereocenters. The molecule has 0 bridgehead atoms. The fourth-order valence-corrected chi connectivity index (χ4v) is 11.8. The number of rotatable bonds is 4. The molecule has 10 atom stereocenters. The van der Waals surface area contributed by atoms with Crippen molar-refractivity contribution in [2.75, 3.05) is 13.2 Å². The number of nitrogens with zero attached hydrogens (tertiary/aromatic N) is 1. The van der Waals surface area contributed by atoms with E-state index in [1.165, 1.54) is 37.7 Å². The van der Waals surface area contributed by atoms with Crippen LogP contribution in [-0.4, -0.2) is 35.2 Å². The topological polar surface area (TPSA) is 79.1 Å². The van der Waals surface area contributed by atoms with Gasteiger partial charge in [-0.1, -0.05) is 45.0 Å². The molecule has 37 heavy (non-hydrogen) atoms. The van der Waals surface area contributed by atoms with Crippen molar-refractivity contribution in [2.45, 2.75) is 106 Å². The molecule has 5 nitrogen and oxygen atoms in total. The number of aliphatic hydroxyl groups excluding tert-OH is 1. The lowest BCUT2D eigenvalue weighted by Gasteiger charge is -2.72. The molecular weight excluding hydrogens is 462 g/mol. The van der Waals surface area contributed by atoms with Crippen LogP contribution in [0.25, 0.3) is 0 Å². The lowest BCUT2D eigenvalue weighted by molar-refractivity contribution is -0.234. The zero-order chi connectivity index (χ0) is 27.0. The Hall–Kier alpha value is -1.36. The van der Waals surface area contributed by atoms with Crippen molar-refractivity contribution in [1.29, 1.82) is 0 Å². The van der Waals surface area contributed by atoms with Crippen LogP contribution in [0.4, 0.5) is 0 Å². The summed E-state index contributed by atoms with van der Waals surface area (Å²) in [6.45, 7) is 18.7. The molecule has 0 radical (unpaired) electrons. The van der Waals surface area contributed by atoms with Crippen molar-refractivity contribution in [1.82, 2.24) is 0 Å². The molecule has 5 fully saturated rings. The first kappa shape index (κ1) is 27.2. The smallest absolute Gasteiger partial charge is 0.302 e. The van der Waals surface area contributed by atoms with Gasteiger partial charge in [0.25, 0.3) is 0 Å². The zero-order valence-electron chi connectivity index (χ0n) is 24.2. The molecule has 0 aromatic carbocycles. The van der Waals surface area contributed by atoms with Crippen LogP contribution in [0, 0.1) is 56.7 Å². The molecule has 0 aromatic rings. The van der Waals surface area contributed by atoms with E-state index >= 15 is 0 Å². The first-order chi connectivity index (χ1) is 17.3. The monoisotopic (exact) mass is 513 g/mol. The van der Waals surface area contributed by atoms with Gasteiger partial charge >= 0.3 is 5.97 Å². The minimum atomic E-state index is -0.441. The summed E-state index contributed by atoms with van der Waals surface area (Å²) < 4.78 is 5.78. The highest BCUT2D eigenvalue weighted by atomic mass is 16.5. The minimum Gasteiger partial charge on any atom is -0.465 e. The first-order valence-corrected chi connectivity index (χ1v) is 14.9. The van der Waals surface area contributed by atoms with Crippen LogP contribution >= 0.6 is 0 Å². The standard InChI is InChI=1S/C32H51NO4/c1-20(2)22-10-15-32(19-37-21(3)35)17-16-30(6)23(27(22)32)8-9-25-28(4)13-12-26(33-36)29(5,18-34)24(28)11-14-31(25,30)7/h22-25,27,34,36H,1,8-19H2,2-7H3/b33-26-/t22-,23+,24+,25+,27+,28-,29+,30+,31+,32+/m0/s1. The van der Waals surface area contributed by atoms with E-state index in [-0.39, 0.29) is 34.2 Å². The van der Waals surface area contributed by atoms with Gasteiger partial charge in [0, 0.05) is 17.8 Å². The Bertz CT molecular complexity index is 991. The molecule has 0 spiro atoms. The van der Waals surface area contributed by atoms with Crippen LogP contribution in [0.3, 0.4) is 0 Å². The first-order valence-electron chi connectivity index (χ1n) is 14.9. The average Bonchev–Trinajstić information content (AvgIpc) is 3.23. The molecule has 5 aliphatic rings. The fraction of sp³-hybridized carbons (Fsp3) is 0.875. The van der Waals surface area contributed by atoms with Crippen molar-refractivity contribution in [3.63, 3.8) is 0 Å². The molecule has 5 saturated carbocycles. The quantitative estimate of drug-likeness (QED) is 0.183. The van der Waals surface area contributed by atoms with Gasteiger partial charge in [0.15, 0.2) is 0 Å².